The quantitative estimate of drug-likeness (QED) is 0.934. The molecule has 1 amide bonds. The van der Waals surface area contributed by atoms with Crippen molar-refractivity contribution in [3.63, 3.8) is 0 Å². The van der Waals surface area contributed by atoms with Crippen LogP contribution in [0.3, 0.4) is 0 Å². The zero-order valence-corrected chi connectivity index (χ0v) is 11.7. The Labute approximate surface area is 121 Å². The number of carbonyl (C=O) groups excluding carboxylic acids is 1. The Morgan fingerprint density at radius 3 is 2.52 bits per heavy atom. The van der Waals surface area contributed by atoms with Crippen LogP contribution in [0.1, 0.15) is 11.1 Å². The molecule has 1 N–H and O–H groups in total. The molecule has 0 saturated heterocycles. The number of rotatable bonds is 4. The van der Waals surface area contributed by atoms with Gasteiger partial charge >= 0.3 is 0 Å². The summed E-state index contributed by atoms with van der Waals surface area (Å²) in [6.07, 6.45) is 0. The molecule has 2 aromatic carbocycles. The number of hydrogen-bond acceptors (Lipinski definition) is 2. The van der Waals surface area contributed by atoms with Gasteiger partial charge in [-0.05, 0) is 37.6 Å². The lowest BCUT2D eigenvalue weighted by Crippen LogP contribution is -2.20. The van der Waals surface area contributed by atoms with Gasteiger partial charge in [-0.3, -0.25) is 4.79 Å². The molecular formula is C16H15F2NO2. The predicted molar refractivity (Wildman–Crippen MR) is 76.4 cm³/mol. The average Bonchev–Trinajstić information content (AvgIpc) is 2.42. The molecular weight excluding hydrogens is 276 g/mol. The van der Waals surface area contributed by atoms with E-state index in [0.29, 0.717) is 5.75 Å². The fourth-order valence-electron chi connectivity index (χ4n) is 1.88. The van der Waals surface area contributed by atoms with Gasteiger partial charge in [-0.15, -0.1) is 0 Å². The fraction of sp³-hybridized carbons (Fsp3) is 0.188. The van der Waals surface area contributed by atoms with Crippen LogP contribution in [0, 0.1) is 25.5 Å². The van der Waals surface area contributed by atoms with Gasteiger partial charge in [0.2, 0.25) is 0 Å². The van der Waals surface area contributed by atoms with Crippen molar-refractivity contribution in [1.82, 2.24) is 0 Å². The Morgan fingerprint density at radius 2 is 1.86 bits per heavy atom. The van der Waals surface area contributed by atoms with E-state index in [-0.39, 0.29) is 12.3 Å². The molecule has 0 fully saturated rings. The Bertz CT molecular complexity index is 671. The van der Waals surface area contributed by atoms with Crippen molar-refractivity contribution in [2.24, 2.45) is 0 Å². The normalized spacial score (nSPS) is 10.3. The monoisotopic (exact) mass is 291 g/mol. The highest BCUT2D eigenvalue weighted by molar-refractivity contribution is 5.91. The van der Waals surface area contributed by atoms with Crippen LogP contribution in [0.25, 0.3) is 0 Å². The van der Waals surface area contributed by atoms with Gasteiger partial charge in [0.15, 0.2) is 18.2 Å². The van der Waals surface area contributed by atoms with E-state index in [4.69, 9.17) is 4.74 Å². The second kappa shape index (κ2) is 6.35. The number of anilines is 1. The summed E-state index contributed by atoms with van der Waals surface area (Å²) in [5.41, 5.74) is 2.21. The van der Waals surface area contributed by atoms with Crippen molar-refractivity contribution in [3.05, 3.63) is 59.2 Å². The summed E-state index contributed by atoms with van der Waals surface area (Å²) >= 11 is 0. The van der Waals surface area contributed by atoms with Gasteiger partial charge in [0.1, 0.15) is 5.75 Å². The second-order valence-corrected chi connectivity index (χ2v) is 4.73. The van der Waals surface area contributed by atoms with Crippen LogP contribution in [0.5, 0.6) is 5.75 Å². The van der Waals surface area contributed by atoms with E-state index >= 15 is 0 Å². The first kappa shape index (κ1) is 15.0. The van der Waals surface area contributed by atoms with E-state index in [1.807, 2.05) is 26.0 Å². The van der Waals surface area contributed by atoms with E-state index in [0.717, 1.165) is 23.3 Å². The van der Waals surface area contributed by atoms with Gasteiger partial charge in [0, 0.05) is 11.8 Å². The number of carbonyl (C=O) groups is 1. The van der Waals surface area contributed by atoms with Crippen molar-refractivity contribution in [2.45, 2.75) is 13.8 Å². The zero-order valence-electron chi connectivity index (χ0n) is 11.7. The van der Waals surface area contributed by atoms with Crippen molar-refractivity contribution < 1.29 is 18.3 Å². The van der Waals surface area contributed by atoms with E-state index in [2.05, 4.69) is 5.32 Å². The molecule has 0 heterocycles. The molecule has 5 heteroatoms. The van der Waals surface area contributed by atoms with Gasteiger partial charge in [0.25, 0.3) is 5.91 Å². The van der Waals surface area contributed by atoms with Crippen molar-refractivity contribution in [3.8, 4) is 5.75 Å². The standard InChI is InChI=1S/C16H15F2NO2/c1-10-3-6-15(11(2)7-10)21-9-16(20)19-12-4-5-13(17)14(18)8-12/h3-8H,9H2,1-2H3,(H,19,20). The molecule has 0 aliphatic rings. The topological polar surface area (TPSA) is 38.3 Å². The van der Waals surface area contributed by atoms with Crippen molar-refractivity contribution >= 4 is 11.6 Å². The lowest BCUT2D eigenvalue weighted by atomic mass is 10.1. The summed E-state index contributed by atoms with van der Waals surface area (Å²) in [4.78, 5) is 11.7. The largest absolute Gasteiger partial charge is 0.483 e. The summed E-state index contributed by atoms with van der Waals surface area (Å²) < 4.78 is 31.2. The predicted octanol–water partition coefficient (Wildman–Crippen LogP) is 3.60. The highest BCUT2D eigenvalue weighted by Crippen LogP contribution is 2.19. The number of halogens is 2. The van der Waals surface area contributed by atoms with Gasteiger partial charge in [-0.1, -0.05) is 17.7 Å². The molecule has 0 bridgehead atoms. The smallest absolute Gasteiger partial charge is 0.262 e. The molecule has 110 valence electrons. The third-order valence-electron chi connectivity index (χ3n) is 2.89. The van der Waals surface area contributed by atoms with E-state index < -0.39 is 17.5 Å². The Balaban J connectivity index is 1.94. The highest BCUT2D eigenvalue weighted by atomic mass is 19.2. The van der Waals surface area contributed by atoms with E-state index in [9.17, 15) is 13.6 Å². The molecule has 0 radical (unpaired) electrons. The molecule has 0 aromatic heterocycles. The van der Waals surface area contributed by atoms with E-state index in [1.54, 1.807) is 6.07 Å². The third kappa shape index (κ3) is 4.02. The first-order chi connectivity index (χ1) is 9.95. The zero-order chi connectivity index (χ0) is 15.4. The molecule has 3 nitrogen and oxygen atoms in total. The first-order valence-electron chi connectivity index (χ1n) is 6.40. The fourth-order valence-corrected chi connectivity index (χ4v) is 1.88. The van der Waals surface area contributed by atoms with Crippen LogP contribution in [0.15, 0.2) is 36.4 Å². The van der Waals surface area contributed by atoms with Gasteiger partial charge in [-0.25, -0.2) is 8.78 Å². The average molecular weight is 291 g/mol. The number of nitrogens with one attached hydrogen (secondary N) is 1. The summed E-state index contributed by atoms with van der Waals surface area (Å²) in [5, 5.41) is 2.44. The summed E-state index contributed by atoms with van der Waals surface area (Å²) in [6.45, 7) is 3.64. The third-order valence-corrected chi connectivity index (χ3v) is 2.89. The maximum Gasteiger partial charge on any atom is 0.262 e. The molecule has 21 heavy (non-hydrogen) atoms. The molecule has 2 rings (SSSR count). The van der Waals surface area contributed by atoms with Crippen LogP contribution in [-0.2, 0) is 4.79 Å². The Kier molecular flexibility index (Phi) is 4.52. The van der Waals surface area contributed by atoms with Gasteiger partial charge in [0.05, 0.1) is 0 Å². The second-order valence-electron chi connectivity index (χ2n) is 4.73. The van der Waals surface area contributed by atoms with E-state index in [1.165, 1.54) is 6.07 Å². The number of hydrogen-bond donors (Lipinski definition) is 1. The number of ether oxygens (including phenoxy) is 1. The lowest BCUT2D eigenvalue weighted by molar-refractivity contribution is -0.118. The SMILES string of the molecule is Cc1ccc(OCC(=O)Nc2ccc(F)c(F)c2)c(C)c1. The van der Waals surface area contributed by atoms with Crippen molar-refractivity contribution in [2.75, 3.05) is 11.9 Å². The number of amides is 1. The van der Waals surface area contributed by atoms with Crippen LogP contribution in [-0.4, -0.2) is 12.5 Å². The Hall–Kier alpha value is -2.43. The molecule has 0 aliphatic heterocycles. The minimum Gasteiger partial charge on any atom is -0.483 e. The van der Waals surface area contributed by atoms with Crippen molar-refractivity contribution in [1.29, 1.82) is 0 Å². The molecule has 0 unspecified atom stereocenters. The molecule has 0 saturated carbocycles. The lowest BCUT2D eigenvalue weighted by Gasteiger charge is -2.10. The number of benzene rings is 2. The first-order valence-corrected chi connectivity index (χ1v) is 6.40. The molecule has 2 aromatic rings. The highest BCUT2D eigenvalue weighted by Gasteiger charge is 2.08. The van der Waals surface area contributed by atoms with Crippen LogP contribution < -0.4 is 10.1 Å². The maximum atomic E-state index is 13.0. The number of aryl methyl sites for hydroxylation is 2. The minimum absolute atomic E-state index is 0.183. The molecule has 0 aliphatic carbocycles. The van der Waals surface area contributed by atoms with Crippen LogP contribution in [0.2, 0.25) is 0 Å². The Morgan fingerprint density at radius 1 is 1.10 bits per heavy atom. The molecule has 0 atom stereocenters. The van der Waals surface area contributed by atoms with Gasteiger partial charge in [-0.2, -0.15) is 0 Å². The molecule has 0 spiro atoms. The van der Waals surface area contributed by atoms with Gasteiger partial charge < -0.3 is 10.1 Å². The van der Waals surface area contributed by atoms with Crippen LogP contribution in [0.4, 0.5) is 14.5 Å². The maximum absolute atomic E-state index is 13.0. The summed E-state index contributed by atoms with van der Waals surface area (Å²) in [5.74, 6) is -1.80. The van der Waals surface area contributed by atoms with Crippen LogP contribution >= 0.6 is 0 Å². The minimum atomic E-state index is -1.01. The summed E-state index contributed by atoms with van der Waals surface area (Å²) in [6, 6.07) is 8.78. The summed E-state index contributed by atoms with van der Waals surface area (Å²) in [7, 11) is 0.